The van der Waals surface area contributed by atoms with Gasteiger partial charge in [0.1, 0.15) is 10.7 Å². The zero-order valence-electron chi connectivity index (χ0n) is 14.1. The van der Waals surface area contributed by atoms with E-state index in [0.717, 1.165) is 43.0 Å². The molecule has 0 aromatic heterocycles. The first-order valence-electron chi connectivity index (χ1n) is 8.67. The molecule has 1 N–H and O–H groups in total. The van der Waals surface area contributed by atoms with Crippen LogP contribution in [0.15, 0.2) is 47.4 Å². The highest BCUT2D eigenvalue weighted by atomic mass is 32.2. The van der Waals surface area contributed by atoms with Crippen molar-refractivity contribution in [1.82, 2.24) is 0 Å². The van der Waals surface area contributed by atoms with E-state index in [0.29, 0.717) is 12.2 Å². The maximum absolute atomic E-state index is 13.9. The maximum atomic E-state index is 13.9. The monoisotopic (exact) mass is 374 g/mol. The molecule has 1 amide bonds. The summed E-state index contributed by atoms with van der Waals surface area (Å²) in [6.07, 6.45) is 3.59. The second-order valence-corrected chi connectivity index (χ2v) is 8.40. The van der Waals surface area contributed by atoms with Gasteiger partial charge in [-0.1, -0.05) is 18.2 Å². The van der Waals surface area contributed by atoms with Crippen LogP contribution >= 0.6 is 0 Å². The normalized spacial score (nSPS) is 16.9. The minimum Gasteiger partial charge on any atom is -0.312 e. The van der Waals surface area contributed by atoms with Crippen LogP contribution in [0.5, 0.6) is 0 Å². The smallest absolute Gasteiger partial charge is 0.264 e. The maximum Gasteiger partial charge on any atom is 0.264 e. The molecule has 0 atom stereocenters. The Bertz CT molecular complexity index is 970. The molecule has 1 aliphatic carbocycles. The number of halogens is 1. The molecule has 0 bridgehead atoms. The first-order chi connectivity index (χ1) is 12.5. The van der Waals surface area contributed by atoms with Crippen LogP contribution in [-0.2, 0) is 21.2 Å². The summed E-state index contributed by atoms with van der Waals surface area (Å²) in [6, 6.07) is 10.4. The third kappa shape index (κ3) is 3.19. The minimum atomic E-state index is -4.04. The molecule has 7 heteroatoms. The fourth-order valence-electron chi connectivity index (χ4n) is 3.29. The van der Waals surface area contributed by atoms with Gasteiger partial charge in [0.2, 0.25) is 5.91 Å². The van der Waals surface area contributed by atoms with E-state index in [9.17, 15) is 17.6 Å². The van der Waals surface area contributed by atoms with Gasteiger partial charge in [-0.3, -0.25) is 9.52 Å². The van der Waals surface area contributed by atoms with Gasteiger partial charge in [0.05, 0.1) is 5.69 Å². The highest BCUT2D eigenvalue weighted by Crippen LogP contribution is 2.37. The third-order valence-corrected chi connectivity index (χ3v) is 6.19. The number of amides is 1. The Morgan fingerprint density at radius 2 is 1.92 bits per heavy atom. The van der Waals surface area contributed by atoms with Crippen molar-refractivity contribution in [1.29, 1.82) is 0 Å². The Morgan fingerprint density at radius 1 is 1.15 bits per heavy atom. The topological polar surface area (TPSA) is 66.5 Å². The van der Waals surface area contributed by atoms with Crippen LogP contribution < -0.4 is 9.62 Å². The molecule has 1 heterocycles. The van der Waals surface area contributed by atoms with Crippen LogP contribution in [-0.4, -0.2) is 20.9 Å². The van der Waals surface area contributed by atoms with Gasteiger partial charge in [-0.2, -0.15) is 0 Å². The van der Waals surface area contributed by atoms with Crippen molar-refractivity contribution in [3.05, 3.63) is 53.8 Å². The molecule has 0 radical (unpaired) electrons. The van der Waals surface area contributed by atoms with Crippen LogP contribution in [0.3, 0.4) is 0 Å². The lowest BCUT2D eigenvalue weighted by Gasteiger charge is -2.30. The van der Waals surface area contributed by atoms with Crippen molar-refractivity contribution in [2.75, 3.05) is 16.2 Å². The van der Waals surface area contributed by atoms with Gasteiger partial charge in [-0.05, 0) is 55.5 Å². The number of fused-ring (bicyclic) bond motifs is 1. The second kappa shape index (κ2) is 6.39. The molecule has 0 saturated heterocycles. The summed E-state index contributed by atoms with van der Waals surface area (Å²) in [7, 11) is -4.04. The van der Waals surface area contributed by atoms with Crippen molar-refractivity contribution in [3.8, 4) is 0 Å². The fourth-order valence-corrected chi connectivity index (χ4v) is 4.42. The molecule has 0 unspecified atom stereocenters. The van der Waals surface area contributed by atoms with E-state index in [1.165, 1.54) is 18.2 Å². The summed E-state index contributed by atoms with van der Waals surface area (Å²) in [5, 5.41) is 0. The molecule has 2 aliphatic rings. The van der Waals surface area contributed by atoms with Crippen molar-refractivity contribution in [2.24, 2.45) is 5.92 Å². The number of carbonyl (C=O) groups excluding carboxylic acids is 1. The number of aryl methyl sites for hydroxylation is 1. The quantitative estimate of drug-likeness (QED) is 0.893. The van der Waals surface area contributed by atoms with Crippen molar-refractivity contribution in [3.63, 3.8) is 0 Å². The van der Waals surface area contributed by atoms with E-state index in [4.69, 9.17) is 0 Å². The Morgan fingerprint density at radius 3 is 2.65 bits per heavy atom. The highest BCUT2D eigenvalue weighted by Gasteiger charge is 2.35. The molecule has 5 nitrogen and oxygen atoms in total. The Balaban J connectivity index is 1.65. The summed E-state index contributed by atoms with van der Waals surface area (Å²) in [5.74, 6) is -0.594. The minimum absolute atomic E-state index is 0.0970. The lowest BCUT2D eigenvalue weighted by atomic mass is 10.0. The van der Waals surface area contributed by atoms with Gasteiger partial charge in [0.15, 0.2) is 0 Å². The molecule has 136 valence electrons. The number of benzene rings is 2. The number of hydrogen-bond acceptors (Lipinski definition) is 3. The predicted molar refractivity (Wildman–Crippen MR) is 97.0 cm³/mol. The molecule has 2 aromatic rings. The van der Waals surface area contributed by atoms with Gasteiger partial charge in [0, 0.05) is 18.2 Å². The molecule has 2 aromatic carbocycles. The largest absolute Gasteiger partial charge is 0.312 e. The molecular formula is C19H19FN2O3S. The van der Waals surface area contributed by atoms with Crippen molar-refractivity contribution >= 4 is 27.3 Å². The average molecular weight is 374 g/mol. The molecule has 26 heavy (non-hydrogen) atoms. The second-order valence-electron chi connectivity index (χ2n) is 6.75. The first-order valence-corrected chi connectivity index (χ1v) is 10.2. The molecule has 4 rings (SSSR count). The zero-order valence-corrected chi connectivity index (χ0v) is 14.9. The lowest BCUT2D eigenvalue weighted by molar-refractivity contribution is -0.119. The summed E-state index contributed by atoms with van der Waals surface area (Å²) >= 11 is 0. The van der Waals surface area contributed by atoms with Crippen LogP contribution in [0, 0.1) is 11.7 Å². The van der Waals surface area contributed by atoms with Crippen LogP contribution in [0.2, 0.25) is 0 Å². The van der Waals surface area contributed by atoms with E-state index in [2.05, 4.69) is 4.72 Å². The lowest BCUT2D eigenvalue weighted by Crippen LogP contribution is -2.36. The number of sulfonamides is 1. The van der Waals surface area contributed by atoms with Crippen molar-refractivity contribution < 1.29 is 17.6 Å². The first kappa shape index (κ1) is 17.0. The van der Waals surface area contributed by atoms with Crippen LogP contribution in [0.25, 0.3) is 0 Å². The summed E-state index contributed by atoms with van der Waals surface area (Å²) < 4.78 is 41.3. The number of anilines is 2. The molecule has 0 spiro atoms. The number of hydrogen-bond donors (Lipinski definition) is 1. The Hall–Kier alpha value is -2.41. The van der Waals surface area contributed by atoms with Crippen LogP contribution in [0.4, 0.5) is 15.8 Å². The summed E-state index contributed by atoms with van der Waals surface area (Å²) in [5.41, 5.74) is 2.10. The van der Waals surface area contributed by atoms with Gasteiger partial charge in [0.25, 0.3) is 10.0 Å². The van der Waals surface area contributed by atoms with Gasteiger partial charge in [-0.15, -0.1) is 0 Å². The van der Waals surface area contributed by atoms with E-state index < -0.39 is 20.7 Å². The van der Waals surface area contributed by atoms with Gasteiger partial charge in [-0.25, -0.2) is 12.8 Å². The van der Waals surface area contributed by atoms with Gasteiger partial charge >= 0.3 is 0 Å². The molecule has 1 saturated carbocycles. The van der Waals surface area contributed by atoms with E-state index in [1.807, 2.05) is 6.07 Å². The number of nitrogens with one attached hydrogen (secondary N) is 1. The highest BCUT2D eigenvalue weighted by molar-refractivity contribution is 7.92. The SMILES string of the molecule is O=C(C1CC1)N1CCCc2ccc(NS(=O)(=O)c3ccccc3F)cc21. The number of rotatable bonds is 4. The van der Waals surface area contributed by atoms with E-state index in [-0.39, 0.29) is 11.8 Å². The van der Waals surface area contributed by atoms with E-state index >= 15 is 0 Å². The van der Waals surface area contributed by atoms with Gasteiger partial charge < -0.3 is 4.90 Å². The fraction of sp³-hybridized carbons (Fsp3) is 0.316. The Kier molecular flexibility index (Phi) is 4.19. The summed E-state index contributed by atoms with van der Waals surface area (Å²) in [6.45, 7) is 0.645. The molecular weight excluding hydrogens is 355 g/mol. The average Bonchev–Trinajstić information content (AvgIpc) is 3.45. The van der Waals surface area contributed by atoms with Crippen LogP contribution in [0.1, 0.15) is 24.8 Å². The number of carbonyl (C=O) groups is 1. The van der Waals surface area contributed by atoms with E-state index in [1.54, 1.807) is 17.0 Å². The summed E-state index contributed by atoms with van der Waals surface area (Å²) in [4.78, 5) is 13.9. The number of nitrogens with zero attached hydrogens (tertiary/aromatic N) is 1. The predicted octanol–water partition coefficient (Wildman–Crippen LogP) is 3.32. The zero-order chi connectivity index (χ0) is 18.3. The third-order valence-electron chi connectivity index (χ3n) is 4.77. The standard InChI is InChI=1S/C19H19FN2O3S/c20-16-5-1-2-6-18(16)26(24,25)21-15-10-9-13-4-3-11-22(17(13)12-15)19(23)14-7-8-14/h1-2,5-6,9-10,12,14,21H,3-4,7-8,11H2. The van der Waals surface area contributed by atoms with Crippen molar-refractivity contribution in [2.45, 2.75) is 30.6 Å². The molecule has 1 fully saturated rings. The molecule has 1 aliphatic heterocycles. The Labute approximate surface area is 151 Å².